The molecule has 0 aromatic heterocycles. The number of carbonyl (C=O) groups excluding carboxylic acids is 3. The highest BCUT2D eigenvalue weighted by Gasteiger charge is 2.15. The van der Waals surface area contributed by atoms with Gasteiger partial charge in [0.2, 0.25) is 11.8 Å². The minimum absolute atomic E-state index is 0.172. The molecular formula is C18H18N2O4. The van der Waals surface area contributed by atoms with Crippen LogP contribution in [0.3, 0.4) is 0 Å². The average molecular weight is 326 g/mol. The van der Waals surface area contributed by atoms with Crippen molar-refractivity contribution in [2.45, 2.75) is 13.3 Å². The minimum atomic E-state index is -0.418. The molecule has 2 N–H and O–H groups in total. The summed E-state index contributed by atoms with van der Waals surface area (Å²) >= 11 is 0. The summed E-state index contributed by atoms with van der Waals surface area (Å²) in [5.41, 5.74) is 1.55. The van der Waals surface area contributed by atoms with Crippen LogP contribution in [0.1, 0.15) is 23.7 Å². The van der Waals surface area contributed by atoms with E-state index in [1.54, 1.807) is 48.5 Å². The number of nitrogens with one attached hydrogen (secondary N) is 2. The van der Waals surface area contributed by atoms with Gasteiger partial charge in [0, 0.05) is 18.3 Å². The van der Waals surface area contributed by atoms with Crippen LogP contribution in [-0.2, 0) is 9.59 Å². The van der Waals surface area contributed by atoms with E-state index in [0.29, 0.717) is 22.7 Å². The van der Waals surface area contributed by atoms with Crippen LogP contribution in [0.5, 0.6) is 5.75 Å². The van der Waals surface area contributed by atoms with E-state index in [0.717, 1.165) is 0 Å². The molecule has 0 heterocycles. The third-order valence-electron chi connectivity index (χ3n) is 3.22. The fourth-order valence-corrected chi connectivity index (χ4v) is 2.16. The monoisotopic (exact) mass is 326 g/mol. The van der Waals surface area contributed by atoms with Crippen molar-refractivity contribution in [1.82, 2.24) is 0 Å². The normalized spacial score (nSPS) is 9.92. The van der Waals surface area contributed by atoms with E-state index in [1.165, 1.54) is 14.0 Å². The van der Waals surface area contributed by atoms with E-state index in [1.807, 2.05) is 0 Å². The number of ketones is 1. The summed E-state index contributed by atoms with van der Waals surface area (Å²) in [6, 6.07) is 13.4. The van der Waals surface area contributed by atoms with Crippen LogP contribution in [0.2, 0.25) is 0 Å². The maximum absolute atomic E-state index is 12.2. The Balaban J connectivity index is 1.97. The molecule has 0 fully saturated rings. The lowest BCUT2D eigenvalue weighted by Crippen LogP contribution is -2.17. The first-order valence-electron chi connectivity index (χ1n) is 7.33. The molecule has 0 saturated carbocycles. The molecule has 0 unspecified atom stereocenters. The summed E-state index contributed by atoms with van der Waals surface area (Å²) in [7, 11) is 1.48. The van der Waals surface area contributed by atoms with Gasteiger partial charge in [-0.3, -0.25) is 14.4 Å². The van der Waals surface area contributed by atoms with E-state index in [-0.39, 0.29) is 18.1 Å². The third kappa shape index (κ3) is 4.67. The Morgan fingerprint density at radius 2 is 1.50 bits per heavy atom. The fraction of sp³-hybridized carbons (Fsp3) is 0.167. The van der Waals surface area contributed by atoms with Crippen LogP contribution in [-0.4, -0.2) is 24.7 Å². The lowest BCUT2D eigenvalue weighted by molar-refractivity contribution is -0.115. The van der Waals surface area contributed by atoms with Gasteiger partial charge < -0.3 is 15.4 Å². The molecule has 0 radical (unpaired) electrons. The highest BCUT2D eigenvalue weighted by Crippen LogP contribution is 2.19. The van der Waals surface area contributed by atoms with Crippen LogP contribution in [0, 0.1) is 0 Å². The second-order valence-corrected chi connectivity index (χ2v) is 5.11. The summed E-state index contributed by atoms with van der Waals surface area (Å²) in [6.45, 7) is 1.42. The first-order valence-corrected chi connectivity index (χ1v) is 7.33. The van der Waals surface area contributed by atoms with Crippen LogP contribution in [0.25, 0.3) is 0 Å². The zero-order valence-electron chi connectivity index (χ0n) is 13.5. The van der Waals surface area contributed by atoms with E-state index >= 15 is 0 Å². The summed E-state index contributed by atoms with van der Waals surface area (Å²) in [4.78, 5) is 35.2. The predicted octanol–water partition coefficient (Wildman–Crippen LogP) is 2.87. The summed E-state index contributed by atoms with van der Waals surface area (Å²) < 4.78 is 5.12. The molecule has 6 heteroatoms. The van der Waals surface area contributed by atoms with E-state index in [4.69, 9.17) is 4.74 Å². The number of para-hydroxylation sites is 1. The van der Waals surface area contributed by atoms with Crippen LogP contribution in [0.4, 0.5) is 11.4 Å². The van der Waals surface area contributed by atoms with Gasteiger partial charge in [0.1, 0.15) is 5.75 Å². The SMILES string of the molecule is COc1ccccc1C(=O)CC(=O)Nc1ccc(NC(C)=O)cc1. The molecule has 0 aliphatic heterocycles. The number of hydrogen-bond donors (Lipinski definition) is 2. The van der Waals surface area contributed by atoms with Gasteiger partial charge in [-0.05, 0) is 36.4 Å². The molecule has 2 amide bonds. The summed E-state index contributed by atoms with van der Waals surface area (Å²) in [5, 5.41) is 5.28. The molecule has 2 rings (SSSR count). The Bertz CT molecular complexity index is 754. The first-order chi connectivity index (χ1) is 11.5. The molecule has 0 atom stereocenters. The minimum Gasteiger partial charge on any atom is -0.496 e. The zero-order valence-corrected chi connectivity index (χ0v) is 13.5. The Morgan fingerprint density at radius 3 is 2.08 bits per heavy atom. The third-order valence-corrected chi connectivity index (χ3v) is 3.22. The van der Waals surface area contributed by atoms with Crippen LogP contribution in [0.15, 0.2) is 48.5 Å². The lowest BCUT2D eigenvalue weighted by Gasteiger charge is -2.08. The molecule has 0 spiro atoms. The molecule has 0 aliphatic carbocycles. The molecule has 6 nitrogen and oxygen atoms in total. The molecule has 124 valence electrons. The smallest absolute Gasteiger partial charge is 0.232 e. The van der Waals surface area contributed by atoms with Gasteiger partial charge in [-0.1, -0.05) is 12.1 Å². The van der Waals surface area contributed by atoms with Crippen molar-refractivity contribution in [2.75, 3.05) is 17.7 Å². The Labute approximate surface area is 139 Å². The van der Waals surface area contributed by atoms with Crippen molar-refractivity contribution < 1.29 is 19.1 Å². The maximum Gasteiger partial charge on any atom is 0.232 e. The van der Waals surface area contributed by atoms with E-state index < -0.39 is 5.91 Å². The van der Waals surface area contributed by atoms with Crippen molar-refractivity contribution in [3.63, 3.8) is 0 Å². The number of ether oxygens (including phenoxy) is 1. The first kappa shape index (κ1) is 17.2. The van der Waals surface area contributed by atoms with E-state index in [9.17, 15) is 14.4 Å². The topological polar surface area (TPSA) is 84.5 Å². The van der Waals surface area contributed by atoms with Gasteiger partial charge in [-0.2, -0.15) is 0 Å². The molecule has 2 aromatic carbocycles. The van der Waals surface area contributed by atoms with Gasteiger partial charge in [0.05, 0.1) is 19.1 Å². The van der Waals surface area contributed by atoms with Crippen molar-refractivity contribution >= 4 is 29.0 Å². The van der Waals surface area contributed by atoms with Gasteiger partial charge in [-0.25, -0.2) is 0 Å². The Kier molecular flexibility index (Phi) is 5.68. The van der Waals surface area contributed by atoms with Crippen LogP contribution >= 0.6 is 0 Å². The quantitative estimate of drug-likeness (QED) is 0.631. The van der Waals surface area contributed by atoms with Crippen molar-refractivity contribution in [3.05, 3.63) is 54.1 Å². The number of hydrogen-bond acceptors (Lipinski definition) is 4. The standard InChI is InChI=1S/C18H18N2O4/c1-12(21)19-13-7-9-14(10-8-13)20-18(23)11-16(22)15-5-3-4-6-17(15)24-2/h3-10H,11H2,1-2H3,(H,19,21)(H,20,23). The number of benzene rings is 2. The van der Waals surface area contributed by atoms with E-state index in [2.05, 4.69) is 10.6 Å². The van der Waals surface area contributed by atoms with Gasteiger partial charge in [-0.15, -0.1) is 0 Å². The second-order valence-electron chi connectivity index (χ2n) is 5.11. The van der Waals surface area contributed by atoms with Gasteiger partial charge >= 0.3 is 0 Å². The Hall–Kier alpha value is -3.15. The number of methoxy groups -OCH3 is 1. The number of Topliss-reactive ketones (excluding diaryl/α,β-unsaturated/α-hetero) is 1. The number of amides is 2. The number of carbonyl (C=O) groups is 3. The molecule has 0 aliphatic rings. The largest absolute Gasteiger partial charge is 0.496 e. The molecular weight excluding hydrogens is 308 g/mol. The summed E-state index contributed by atoms with van der Waals surface area (Å²) in [5.74, 6) is -0.470. The molecule has 24 heavy (non-hydrogen) atoms. The molecule has 0 bridgehead atoms. The number of anilines is 2. The number of rotatable bonds is 6. The highest BCUT2D eigenvalue weighted by molar-refractivity contribution is 6.12. The zero-order chi connectivity index (χ0) is 17.5. The Morgan fingerprint density at radius 1 is 0.917 bits per heavy atom. The summed E-state index contributed by atoms with van der Waals surface area (Å²) in [6.07, 6.45) is -0.284. The van der Waals surface area contributed by atoms with Crippen molar-refractivity contribution in [1.29, 1.82) is 0 Å². The average Bonchev–Trinajstić information content (AvgIpc) is 2.56. The second kappa shape index (κ2) is 7.92. The van der Waals surface area contributed by atoms with Crippen molar-refractivity contribution in [2.24, 2.45) is 0 Å². The van der Waals surface area contributed by atoms with Gasteiger partial charge in [0.25, 0.3) is 0 Å². The molecule has 2 aromatic rings. The van der Waals surface area contributed by atoms with Crippen LogP contribution < -0.4 is 15.4 Å². The molecule has 0 saturated heterocycles. The fourth-order valence-electron chi connectivity index (χ4n) is 2.16. The highest BCUT2D eigenvalue weighted by atomic mass is 16.5. The predicted molar refractivity (Wildman–Crippen MR) is 91.3 cm³/mol. The van der Waals surface area contributed by atoms with Crippen molar-refractivity contribution in [3.8, 4) is 5.75 Å². The maximum atomic E-state index is 12.2. The lowest BCUT2D eigenvalue weighted by atomic mass is 10.1. The van der Waals surface area contributed by atoms with Gasteiger partial charge in [0.15, 0.2) is 5.78 Å².